The van der Waals surface area contributed by atoms with Gasteiger partial charge in [0.15, 0.2) is 5.72 Å². The molecule has 2 aromatic rings. The van der Waals surface area contributed by atoms with E-state index in [1.807, 2.05) is 25.2 Å². The van der Waals surface area contributed by atoms with E-state index in [-0.39, 0.29) is 67.7 Å². The van der Waals surface area contributed by atoms with E-state index < -0.39 is 119 Å². The van der Waals surface area contributed by atoms with Gasteiger partial charge in [-0.3, -0.25) is 44.3 Å². The van der Waals surface area contributed by atoms with Crippen LogP contribution < -0.4 is 25.6 Å². The van der Waals surface area contributed by atoms with E-state index >= 15 is 0 Å². The molecule has 1 unspecified atom stereocenters. The van der Waals surface area contributed by atoms with Crippen LogP contribution in [0.3, 0.4) is 0 Å². The standard InChI is InChI=1S/C64H83ClN8O18S/c1-38-17-16-20-49(86-10)64(84)36-48(89-60(81)68-64)39(2)56-63(4,91-56)50(35-54(77)72(8)46-33-42(31-38)34-47(85-9)55(46)65)90-58(79)40(3)71(7)51(74)25-30-92-62(83)70(6)29-28-69(5)61(82)87-37-41-21-22-45(67-59(80)88-43-18-14-12-11-13-15-19-43)44(32-41)57(78)66-26-27-73-52(75)23-24-53(73)76/h14,16-18,20-24,32-34,39-40,43,48-50,56,84H,11-13,15,19,25-31,35-37H2,1-10H3,(H,66,78)(H,67,80)(H,68,81)/b18-14+,20-16+,38-17+/t39-,40+,43?,48+,49-,50+,56+,63+,64+/m1/s1. The predicted octanol–water partition coefficient (Wildman–Crippen LogP) is 7.05. The number of nitrogens with one attached hydrogen (secondary N) is 3. The minimum atomic E-state index is -1.91. The number of ether oxygens (including phenoxy) is 7. The molecule has 4 bridgehead atoms. The van der Waals surface area contributed by atoms with Crippen molar-refractivity contribution in [2.75, 3.05) is 84.6 Å². The number of hydrogen-bond donors (Lipinski definition) is 4. The van der Waals surface area contributed by atoms with Crippen LogP contribution in [0.2, 0.25) is 5.02 Å². The van der Waals surface area contributed by atoms with Crippen LogP contribution in [0, 0.1) is 5.92 Å². The molecule has 4 heterocycles. The first-order chi connectivity index (χ1) is 43.7. The lowest BCUT2D eigenvalue weighted by atomic mass is 9.83. The van der Waals surface area contributed by atoms with Crippen molar-refractivity contribution in [2.24, 2.45) is 5.92 Å². The number of carbonyl (C=O) groups excluding carboxylic acids is 10. The van der Waals surface area contributed by atoms with E-state index in [2.05, 4.69) is 16.0 Å². The zero-order chi connectivity index (χ0) is 67.2. The topological polar surface area (TPSA) is 311 Å². The SMILES string of the molecule is COc1cc2cc(c1Cl)N(C)C(=O)C[C@H](OC(=O)[C@H](C)N(C)C(=O)CCSC(=O)N(C)CCN(C)C(=O)OCc1ccc(NC(=O)OC3/C=C/CCCCC3)c(C(=O)NCCN3C(=O)C=CC3=O)c1)[C@]1(C)O[C@H]1[C@H](C)[C@@H]1C[C@@](O)(NC(=O)O1)[C@H](OC)/C=C/C=C(\C)C2. The highest BCUT2D eigenvalue weighted by molar-refractivity contribution is 8.13. The number of allylic oxidation sites excluding steroid dienone is 4. The molecule has 2 fully saturated rings. The second kappa shape index (κ2) is 32.0. The van der Waals surface area contributed by atoms with Crippen LogP contribution in [-0.4, -0.2) is 206 Å². The van der Waals surface area contributed by atoms with Crippen molar-refractivity contribution in [1.82, 2.24) is 30.2 Å². The number of fused-ring (bicyclic) bond motifs is 5. The third-order valence-corrected chi connectivity index (χ3v) is 18.2. The number of methoxy groups -OCH3 is 2. The molecule has 4 N–H and O–H groups in total. The molecule has 0 saturated carbocycles. The maximum Gasteiger partial charge on any atom is 0.412 e. The molecule has 0 aromatic heterocycles. The number of carbonyl (C=O) groups is 10. The van der Waals surface area contributed by atoms with Gasteiger partial charge in [-0.15, -0.1) is 0 Å². The van der Waals surface area contributed by atoms with Crippen molar-refractivity contribution in [3.63, 3.8) is 0 Å². The zero-order valence-corrected chi connectivity index (χ0v) is 55.1. The summed E-state index contributed by atoms with van der Waals surface area (Å²) in [5.41, 5.74) is -0.831. The zero-order valence-electron chi connectivity index (χ0n) is 53.5. The Labute approximate surface area is 544 Å². The summed E-state index contributed by atoms with van der Waals surface area (Å²) in [5.74, 6) is -3.86. The highest BCUT2D eigenvalue weighted by Gasteiger charge is 2.64. The Hall–Kier alpha value is -7.98. The number of aliphatic hydroxyl groups is 1. The summed E-state index contributed by atoms with van der Waals surface area (Å²) in [4.78, 5) is 139. The van der Waals surface area contributed by atoms with Gasteiger partial charge in [-0.1, -0.05) is 72.7 Å². The molecule has 7 rings (SSSR count). The summed E-state index contributed by atoms with van der Waals surface area (Å²) in [6.07, 6.45) is 8.48. The van der Waals surface area contributed by atoms with Gasteiger partial charge in [0.2, 0.25) is 11.8 Å². The highest BCUT2D eigenvalue weighted by Crippen LogP contribution is 2.49. The van der Waals surface area contributed by atoms with Crippen molar-refractivity contribution in [3.05, 3.63) is 100 Å². The van der Waals surface area contributed by atoms with E-state index in [0.717, 1.165) is 65.6 Å². The number of nitrogens with zero attached hydrogens (tertiary/aromatic N) is 5. The number of anilines is 2. The predicted molar refractivity (Wildman–Crippen MR) is 340 cm³/mol. The van der Waals surface area contributed by atoms with Crippen LogP contribution in [0.5, 0.6) is 5.75 Å². The van der Waals surface area contributed by atoms with E-state index in [1.165, 1.54) is 81.1 Å². The summed E-state index contributed by atoms with van der Waals surface area (Å²) in [6, 6.07) is 6.76. The molecule has 1 aliphatic carbocycles. The largest absolute Gasteiger partial charge is 0.495 e. The van der Waals surface area contributed by atoms with Gasteiger partial charge in [0.05, 0.1) is 36.6 Å². The smallest absolute Gasteiger partial charge is 0.412 e. The number of imide groups is 1. The Morgan fingerprint density at radius 2 is 1.70 bits per heavy atom. The lowest BCUT2D eigenvalue weighted by Gasteiger charge is -2.42. The number of halogens is 1. The average molecular weight is 1320 g/mol. The molecule has 9 atom stereocenters. The maximum atomic E-state index is 14.4. The van der Waals surface area contributed by atoms with Crippen molar-refractivity contribution < 1.29 is 86.2 Å². The Morgan fingerprint density at radius 1 is 0.967 bits per heavy atom. The molecule has 4 aliphatic heterocycles. The fourth-order valence-electron chi connectivity index (χ4n) is 11.0. The van der Waals surface area contributed by atoms with Crippen LogP contribution in [0.25, 0.3) is 0 Å². The molecular formula is C64H83ClN8O18S. The fraction of sp³-hybridized carbons (Fsp3) is 0.531. The van der Waals surface area contributed by atoms with E-state index in [4.69, 9.17) is 44.8 Å². The normalized spacial score (nSPS) is 25.6. The fourth-order valence-corrected chi connectivity index (χ4v) is 12.1. The van der Waals surface area contributed by atoms with E-state index in [9.17, 15) is 53.1 Å². The molecule has 2 saturated heterocycles. The molecule has 92 heavy (non-hydrogen) atoms. The number of alkyl carbamates (subject to hydrolysis) is 1. The third kappa shape index (κ3) is 18.4. The second-order valence-corrected chi connectivity index (χ2v) is 25.0. The molecule has 9 amide bonds. The van der Waals surface area contributed by atoms with Crippen LogP contribution in [0.4, 0.5) is 30.6 Å². The number of epoxide rings is 1. The van der Waals surface area contributed by atoms with E-state index in [0.29, 0.717) is 29.8 Å². The number of amides is 9. The lowest BCUT2D eigenvalue weighted by molar-refractivity contribution is -0.162. The first-order valence-electron chi connectivity index (χ1n) is 30.4. The van der Waals surface area contributed by atoms with Gasteiger partial charge in [-0.05, 0) is 94.3 Å². The first kappa shape index (κ1) is 71.5. The van der Waals surface area contributed by atoms with Crippen LogP contribution >= 0.6 is 23.4 Å². The number of hydrogen-bond acceptors (Lipinski definition) is 19. The van der Waals surface area contributed by atoms with Gasteiger partial charge in [0.25, 0.3) is 23.0 Å². The Balaban J connectivity index is 0.927. The second-order valence-electron chi connectivity index (χ2n) is 23.6. The molecule has 0 spiro atoms. The number of likely N-dealkylation sites (N-methyl/N-ethyl adjacent to an activating group) is 3. The third-order valence-electron chi connectivity index (χ3n) is 16.9. The van der Waals surface area contributed by atoms with E-state index in [1.54, 1.807) is 44.2 Å². The minimum absolute atomic E-state index is 0.00373. The minimum Gasteiger partial charge on any atom is -0.495 e. The molecule has 0 radical (unpaired) electrons. The number of esters is 1. The van der Waals surface area contributed by atoms with Gasteiger partial charge < -0.3 is 63.2 Å². The number of rotatable bonds is 19. The summed E-state index contributed by atoms with van der Waals surface area (Å²) < 4.78 is 40.7. The van der Waals surface area contributed by atoms with Gasteiger partial charge in [-0.25, -0.2) is 19.2 Å². The number of benzene rings is 2. The van der Waals surface area contributed by atoms with Crippen molar-refractivity contribution >= 4 is 93.8 Å². The van der Waals surface area contributed by atoms with Crippen molar-refractivity contribution in [2.45, 2.75) is 140 Å². The van der Waals surface area contributed by atoms with Crippen molar-refractivity contribution in [1.29, 1.82) is 0 Å². The molecule has 28 heteroatoms. The first-order valence-corrected chi connectivity index (χ1v) is 31.7. The summed E-state index contributed by atoms with van der Waals surface area (Å²) >= 11 is 7.69. The monoisotopic (exact) mass is 1320 g/mol. The quantitative estimate of drug-likeness (QED) is 0.0360. The van der Waals surface area contributed by atoms with Gasteiger partial charge in [-0.2, -0.15) is 0 Å². The Kier molecular flexibility index (Phi) is 24.9. The molecule has 500 valence electrons. The summed E-state index contributed by atoms with van der Waals surface area (Å²) in [6.45, 7) is 6.38. The Bertz CT molecular complexity index is 3230. The molecule has 2 aromatic carbocycles. The van der Waals surface area contributed by atoms with Gasteiger partial charge in [0.1, 0.15) is 53.4 Å². The van der Waals surface area contributed by atoms with Crippen LogP contribution in [0.15, 0.2) is 78.4 Å². The Morgan fingerprint density at radius 3 is 2.41 bits per heavy atom. The van der Waals surface area contributed by atoms with Crippen LogP contribution in [-0.2, 0) is 65.4 Å². The van der Waals surface area contributed by atoms with Gasteiger partial charge >= 0.3 is 24.2 Å². The highest BCUT2D eigenvalue weighted by atomic mass is 35.5. The van der Waals surface area contributed by atoms with Crippen LogP contribution in [0.1, 0.15) is 101 Å². The molecule has 5 aliphatic rings. The lowest BCUT2D eigenvalue weighted by Crippen LogP contribution is -2.63. The average Bonchev–Trinajstić information content (AvgIpc) is 1.56. The van der Waals surface area contributed by atoms with Gasteiger partial charge in [0, 0.05) is 98.1 Å². The maximum absolute atomic E-state index is 14.4. The summed E-state index contributed by atoms with van der Waals surface area (Å²) in [7, 11) is 8.78. The number of thioether (sulfide) groups is 1. The summed E-state index contributed by atoms with van der Waals surface area (Å²) in [5, 5.41) is 19.5. The molecule has 26 nitrogen and oxygen atoms in total. The van der Waals surface area contributed by atoms with Crippen molar-refractivity contribution in [3.8, 4) is 5.75 Å². The molecular weight excluding hydrogens is 1240 g/mol.